The van der Waals surface area contributed by atoms with Crippen LogP contribution >= 0.6 is 0 Å². The number of aromatic nitrogens is 1. The van der Waals surface area contributed by atoms with Gasteiger partial charge in [-0.1, -0.05) is 60.5 Å². The second-order valence-electron chi connectivity index (χ2n) is 10.5. The largest absolute Gasteiger partial charge is 0.306 e. The molecule has 0 N–H and O–H groups in total. The molecule has 2 heterocycles. The van der Waals surface area contributed by atoms with Crippen molar-refractivity contribution in [1.29, 1.82) is 5.26 Å². The molecule has 0 amide bonds. The first kappa shape index (κ1) is 24.6. The average molecular weight is 549 g/mol. The Labute approximate surface area is 249 Å². The van der Waals surface area contributed by atoms with Gasteiger partial charge in [-0.3, -0.25) is 0 Å². The quantitative estimate of drug-likeness (QED) is 0.202. The lowest BCUT2D eigenvalue weighted by atomic mass is 10.1. The Morgan fingerprint density at radius 3 is 1.58 bits per heavy atom. The molecule has 0 aliphatic carbocycles. The van der Waals surface area contributed by atoms with Crippen LogP contribution in [0.4, 0.5) is 34.1 Å². The Bertz CT molecular complexity index is 2260. The minimum absolute atomic E-state index is 0.621. The summed E-state index contributed by atoms with van der Waals surface area (Å²) in [6.07, 6.45) is 5.75. The minimum atomic E-state index is 0.621. The Kier molecular flexibility index (Phi) is 5.54. The summed E-state index contributed by atoms with van der Waals surface area (Å²) < 4.78 is 2.39. The molecule has 4 nitrogen and oxygen atoms in total. The van der Waals surface area contributed by atoms with Crippen LogP contribution in [0.15, 0.2) is 140 Å². The predicted octanol–water partition coefficient (Wildman–Crippen LogP) is 9.89. The predicted molar refractivity (Wildman–Crippen MR) is 176 cm³/mol. The van der Waals surface area contributed by atoms with E-state index in [9.17, 15) is 5.26 Å². The summed E-state index contributed by atoms with van der Waals surface area (Å²) >= 11 is 0. The van der Waals surface area contributed by atoms with Crippen LogP contribution in [0.3, 0.4) is 0 Å². The number of hydrogen-bond acceptors (Lipinski definition) is 3. The van der Waals surface area contributed by atoms with E-state index in [1.807, 2.05) is 36.4 Å². The first-order chi connectivity index (χ1) is 21.3. The molecule has 4 heteroatoms. The van der Waals surface area contributed by atoms with Gasteiger partial charge in [-0.2, -0.15) is 5.26 Å². The van der Waals surface area contributed by atoms with E-state index in [2.05, 4.69) is 129 Å². The summed E-state index contributed by atoms with van der Waals surface area (Å²) in [5.74, 6) is 2.76. The van der Waals surface area contributed by atoms with E-state index in [0.717, 1.165) is 56.4 Å². The van der Waals surface area contributed by atoms with Crippen LogP contribution in [0.2, 0.25) is 0 Å². The topological polar surface area (TPSA) is 35.2 Å². The highest BCUT2D eigenvalue weighted by Gasteiger charge is 2.29. The standard InChI is InChI=1S/C39H24N4/c1-2-27-18-22-30(23-19-27)42-35-14-6-5-13-34(35)41(29-24-20-28(26-40)21-25-29)36-15-7-8-16-37(36)43-33-12-4-3-10-31(33)32-11-9-17-38(42)39(32)43/h1,3-25H. The van der Waals surface area contributed by atoms with Gasteiger partial charge in [-0.25, -0.2) is 0 Å². The second kappa shape index (κ2) is 9.70. The number of rotatable bonds is 2. The van der Waals surface area contributed by atoms with E-state index in [1.54, 1.807) is 0 Å². The molecule has 0 saturated carbocycles. The van der Waals surface area contributed by atoms with Crippen LogP contribution in [0.1, 0.15) is 11.1 Å². The average Bonchev–Trinajstić information content (AvgIpc) is 3.43. The molecule has 0 fully saturated rings. The fourth-order valence-electron chi connectivity index (χ4n) is 6.32. The zero-order valence-electron chi connectivity index (χ0n) is 23.1. The molecule has 200 valence electrons. The summed E-state index contributed by atoms with van der Waals surface area (Å²) in [7, 11) is 0. The van der Waals surface area contributed by atoms with Crippen LogP contribution in [-0.2, 0) is 0 Å². The van der Waals surface area contributed by atoms with Gasteiger partial charge in [-0.15, -0.1) is 6.42 Å². The molecule has 0 bridgehead atoms. The van der Waals surface area contributed by atoms with Crippen molar-refractivity contribution >= 4 is 55.9 Å². The maximum Gasteiger partial charge on any atom is 0.0991 e. The van der Waals surface area contributed by atoms with Gasteiger partial charge in [0.1, 0.15) is 0 Å². The van der Waals surface area contributed by atoms with E-state index in [0.29, 0.717) is 5.56 Å². The summed E-state index contributed by atoms with van der Waals surface area (Å²) in [6, 6.07) is 50.4. The number of anilines is 6. The summed E-state index contributed by atoms with van der Waals surface area (Å²) in [6.45, 7) is 0. The van der Waals surface area contributed by atoms with Gasteiger partial charge in [0.2, 0.25) is 0 Å². The van der Waals surface area contributed by atoms with E-state index >= 15 is 0 Å². The van der Waals surface area contributed by atoms with Crippen molar-refractivity contribution in [2.45, 2.75) is 0 Å². The van der Waals surface area contributed by atoms with E-state index in [1.165, 1.54) is 10.8 Å². The molecule has 1 aliphatic rings. The maximum absolute atomic E-state index is 9.55. The molecule has 6 aromatic carbocycles. The van der Waals surface area contributed by atoms with Crippen LogP contribution < -0.4 is 9.80 Å². The SMILES string of the molecule is C#Cc1ccc(N2c3ccccc3N(c3ccc(C#N)cc3)c3ccccc3-n3c4ccccc4c4cccc2c43)cc1. The molecule has 43 heavy (non-hydrogen) atoms. The van der Waals surface area contributed by atoms with Crippen molar-refractivity contribution in [3.63, 3.8) is 0 Å². The van der Waals surface area contributed by atoms with Gasteiger partial charge in [0.25, 0.3) is 0 Å². The minimum Gasteiger partial charge on any atom is -0.306 e. The van der Waals surface area contributed by atoms with Crippen molar-refractivity contribution in [3.05, 3.63) is 151 Å². The molecule has 1 aromatic heterocycles. The van der Waals surface area contributed by atoms with Gasteiger partial charge >= 0.3 is 0 Å². The Balaban J connectivity index is 1.57. The Morgan fingerprint density at radius 2 is 0.953 bits per heavy atom. The Morgan fingerprint density at radius 1 is 0.465 bits per heavy atom. The second-order valence-corrected chi connectivity index (χ2v) is 10.5. The van der Waals surface area contributed by atoms with Crippen LogP contribution in [0.5, 0.6) is 0 Å². The Hall–Kier alpha value is -6.23. The first-order valence-electron chi connectivity index (χ1n) is 14.1. The summed E-state index contributed by atoms with van der Waals surface area (Å²) in [5, 5.41) is 11.9. The van der Waals surface area contributed by atoms with Crippen LogP contribution in [-0.4, -0.2) is 4.57 Å². The van der Waals surface area contributed by atoms with Gasteiger partial charge in [-0.05, 0) is 84.9 Å². The van der Waals surface area contributed by atoms with Crippen molar-refractivity contribution in [1.82, 2.24) is 4.57 Å². The summed E-state index contributed by atoms with van der Waals surface area (Å²) in [5.41, 5.74) is 10.8. The van der Waals surface area contributed by atoms with Crippen molar-refractivity contribution in [2.75, 3.05) is 9.80 Å². The van der Waals surface area contributed by atoms with E-state index in [4.69, 9.17) is 6.42 Å². The lowest BCUT2D eigenvalue weighted by molar-refractivity contribution is 1.15. The maximum atomic E-state index is 9.55. The van der Waals surface area contributed by atoms with Crippen molar-refractivity contribution in [3.8, 4) is 24.1 Å². The molecule has 0 radical (unpaired) electrons. The third kappa shape index (κ3) is 3.72. The fraction of sp³-hybridized carbons (Fsp3) is 0. The highest BCUT2D eigenvalue weighted by molar-refractivity contribution is 6.15. The normalized spacial score (nSPS) is 12.0. The molecular weight excluding hydrogens is 524 g/mol. The molecule has 0 atom stereocenters. The molecule has 0 saturated heterocycles. The zero-order valence-corrected chi connectivity index (χ0v) is 23.1. The lowest BCUT2D eigenvalue weighted by Gasteiger charge is -2.32. The molecule has 8 rings (SSSR count). The number of hydrogen-bond donors (Lipinski definition) is 0. The number of fused-ring (bicyclic) bond motifs is 6. The fourth-order valence-corrected chi connectivity index (χ4v) is 6.32. The molecular formula is C39H24N4. The van der Waals surface area contributed by atoms with Crippen molar-refractivity contribution in [2.24, 2.45) is 0 Å². The molecule has 0 spiro atoms. The van der Waals surface area contributed by atoms with Crippen molar-refractivity contribution < 1.29 is 0 Å². The van der Waals surface area contributed by atoms with E-state index < -0.39 is 0 Å². The number of nitriles is 1. The third-order valence-corrected chi connectivity index (χ3v) is 8.19. The molecule has 0 unspecified atom stereocenters. The monoisotopic (exact) mass is 548 g/mol. The van der Waals surface area contributed by atoms with Gasteiger partial charge < -0.3 is 14.4 Å². The smallest absolute Gasteiger partial charge is 0.0991 e. The van der Waals surface area contributed by atoms with Crippen LogP contribution in [0.25, 0.3) is 27.5 Å². The highest BCUT2D eigenvalue weighted by Crippen LogP contribution is 2.51. The number of terminal acetylenes is 1. The summed E-state index contributed by atoms with van der Waals surface area (Å²) in [4.78, 5) is 4.62. The zero-order chi connectivity index (χ0) is 28.9. The van der Waals surface area contributed by atoms with Gasteiger partial charge in [0, 0.05) is 27.7 Å². The molecule has 1 aliphatic heterocycles. The molecule has 7 aromatic rings. The number of benzene rings is 6. The number of nitrogens with zero attached hydrogens (tertiary/aromatic N) is 4. The lowest BCUT2D eigenvalue weighted by Crippen LogP contribution is -2.16. The van der Waals surface area contributed by atoms with Crippen LogP contribution in [0, 0.1) is 23.7 Å². The third-order valence-electron chi connectivity index (χ3n) is 8.19. The van der Waals surface area contributed by atoms with E-state index in [-0.39, 0.29) is 0 Å². The number of para-hydroxylation sites is 6. The van der Waals surface area contributed by atoms with Gasteiger partial charge in [0.05, 0.1) is 51.1 Å². The first-order valence-corrected chi connectivity index (χ1v) is 14.1. The van der Waals surface area contributed by atoms with Gasteiger partial charge in [0.15, 0.2) is 0 Å². The highest BCUT2D eigenvalue weighted by atomic mass is 15.2.